The molecule has 0 amide bonds. The second-order valence-corrected chi connectivity index (χ2v) is 1.25. The third kappa shape index (κ3) is 2.07. The lowest BCUT2D eigenvalue weighted by molar-refractivity contribution is -0.130. The van der Waals surface area contributed by atoms with Crippen molar-refractivity contribution >= 4 is 22.3 Å². The van der Waals surface area contributed by atoms with Crippen molar-refractivity contribution in [3.05, 3.63) is 0 Å². The Morgan fingerprint density at radius 3 is 1.86 bits per heavy atom. The second-order valence-electron chi connectivity index (χ2n) is 0.694. The van der Waals surface area contributed by atoms with Crippen molar-refractivity contribution in [2.45, 2.75) is 0 Å². The van der Waals surface area contributed by atoms with E-state index in [4.69, 9.17) is 10.2 Å². The molecule has 0 aliphatic heterocycles. The van der Waals surface area contributed by atoms with E-state index in [0.717, 1.165) is 0 Å². The Morgan fingerprint density at radius 2 is 1.86 bits per heavy atom. The highest BCUT2D eigenvalue weighted by molar-refractivity contribution is 7.67. The maximum Gasteiger partial charge on any atom is 0.373 e. The van der Waals surface area contributed by atoms with E-state index in [-0.39, 0.29) is 0 Å². The summed E-state index contributed by atoms with van der Waals surface area (Å²) in [6, 6.07) is 0. The van der Waals surface area contributed by atoms with Crippen molar-refractivity contribution < 1.29 is 19.2 Å². The van der Waals surface area contributed by atoms with Crippen LogP contribution in [0.1, 0.15) is 0 Å². The van der Waals surface area contributed by atoms with Crippen molar-refractivity contribution in [2.24, 2.45) is 0 Å². The molecule has 0 spiro atoms. The molecule has 0 radical (unpaired) electrons. The molecule has 0 atom stereocenters. The minimum Gasteiger partial charge on any atom is -0.475 e. The molecule has 0 aliphatic carbocycles. The first kappa shape index (κ1) is 6.32. The molecule has 0 rings (SSSR count). The predicted molar refractivity (Wildman–Crippen MR) is 23.4 cm³/mol. The number of carboxylic acid groups (broad SMARTS) is 1. The molecule has 0 saturated carbocycles. The highest BCUT2D eigenvalue weighted by atomic mass is 32.1. The van der Waals surface area contributed by atoms with Crippen molar-refractivity contribution in [3.63, 3.8) is 0 Å². The fourth-order valence-corrected chi connectivity index (χ4v) is 0.107. The van der Waals surface area contributed by atoms with E-state index >= 15 is 0 Å². The van der Waals surface area contributed by atoms with Crippen LogP contribution in [0, 0.1) is 0 Å². The van der Waals surface area contributed by atoms with Crippen LogP contribution in [-0.4, -0.2) is 25.4 Å². The molecular weight excluding hydrogens is 120 g/mol. The van der Waals surface area contributed by atoms with Crippen LogP contribution >= 0.6 is 0 Å². The van der Waals surface area contributed by atoms with Gasteiger partial charge in [-0.15, -0.1) is 0 Å². The first-order valence-corrected chi connectivity index (χ1v) is 2.01. The largest absolute Gasteiger partial charge is 0.475 e. The number of carbonyl (C=O) groups is 1. The van der Waals surface area contributed by atoms with Crippen molar-refractivity contribution in [1.29, 1.82) is 0 Å². The summed E-state index contributed by atoms with van der Waals surface area (Å²) in [4.78, 5) is 9.42. The van der Waals surface area contributed by atoms with E-state index in [1.807, 2.05) is 0 Å². The number of rotatable bonds is 0. The quantitative estimate of drug-likeness (QED) is 0.403. The third-order valence-electron chi connectivity index (χ3n) is 0.262. The summed E-state index contributed by atoms with van der Waals surface area (Å²) in [5.74, 6) is -1.58. The fraction of sp³-hybridized carbons (Fsp3) is 0. The van der Waals surface area contributed by atoms with Crippen molar-refractivity contribution in [2.75, 3.05) is 0 Å². The molecular formula is C2H2O4S. The highest BCUT2D eigenvalue weighted by Crippen LogP contribution is 1.59. The molecule has 0 heterocycles. The summed E-state index contributed by atoms with van der Waals surface area (Å²) in [7, 11) is 0. The van der Waals surface area contributed by atoms with E-state index in [2.05, 4.69) is 0 Å². The monoisotopic (exact) mass is 122 g/mol. The molecule has 40 valence electrons. The number of carboxylic acids is 1. The summed E-state index contributed by atoms with van der Waals surface area (Å²) >= 11 is -0.444. The molecule has 0 bridgehead atoms. The number of aliphatic hydroxyl groups is 1. The van der Waals surface area contributed by atoms with E-state index in [1.165, 1.54) is 0 Å². The lowest BCUT2D eigenvalue weighted by Gasteiger charge is -1.76. The van der Waals surface area contributed by atoms with Crippen molar-refractivity contribution in [3.8, 4) is 0 Å². The van der Waals surface area contributed by atoms with Gasteiger partial charge in [0, 0.05) is 0 Å². The normalized spacial score (nSPS) is 7.57. The first-order chi connectivity index (χ1) is 3.18. The van der Waals surface area contributed by atoms with Crippen LogP contribution in [0.2, 0.25) is 0 Å². The van der Waals surface area contributed by atoms with Gasteiger partial charge in [0.15, 0.2) is 0 Å². The molecule has 7 heavy (non-hydrogen) atoms. The standard InChI is InChI=1S/C2H2O4S/c3-1(4)2(5)7-6/h5H,(H,3,4). The van der Waals surface area contributed by atoms with Crippen LogP contribution in [0.15, 0.2) is 0 Å². The number of hydrogen-bond acceptors (Lipinski definition) is 2. The van der Waals surface area contributed by atoms with E-state index in [9.17, 15) is 9.00 Å². The van der Waals surface area contributed by atoms with E-state index < -0.39 is 22.3 Å². The lowest BCUT2D eigenvalue weighted by Crippen LogP contribution is -2.10. The van der Waals surface area contributed by atoms with Crippen LogP contribution < -0.4 is 0 Å². The zero-order valence-corrected chi connectivity index (χ0v) is 3.94. The summed E-state index contributed by atoms with van der Waals surface area (Å²) in [6.45, 7) is 0. The molecule has 0 saturated heterocycles. The number of aliphatic hydroxyl groups excluding tert-OH is 1. The van der Waals surface area contributed by atoms with Crippen LogP contribution in [0.4, 0.5) is 0 Å². The molecule has 0 aromatic carbocycles. The SMILES string of the molecule is O=S=C(O)C(=O)O. The minimum absolute atomic E-state index is 0.444. The highest BCUT2D eigenvalue weighted by Gasteiger charge is 2.00. The zero-order valence-electron chi connectivity index (χ0n) is 3.12. The van der Waals surface area contributed by atoms with Crippen molar-refractivity contribution in [1.82, 2.24) is 0 Å². The molecule has 2 N–H and O–H groups in total. The Morgan fingerprint density at radius 1 is 1.43 bits per heavy atom. The topological polar surface area (TPSA) is 74.6 Å². The molecule has 4 nitrogen and oxygen atoms in total. The Kier molecular flexibility index (Phi) is 2.24. The van der Waals surface area contributed by atoms with Gasteiger partial charge in [0.25, 0.3) is 5.05 Å². The van der Waals surface area contributed by atoms with Crippen LogP contribution in [0.5, 0.6) is 0 Å². The average Bonchev–Trinajstić information content (AvgIpc) is 1.65. The maximum atomic E-state index is 9.42. The molecule has 0 aliphatic rings. The van der Waals surface area contributed by atoms with Crippen LogP contribution in [0.25, 0.3) is 0 Å². The van der Waals surface area contributed by atoms with Gasteiger partial charge in [0.1, 0.15) is 11.3 Å². The van der Waals surface area contributed by atoms with Gasteiger partial charge in [-0.2, -0.15) is 0 Å². The van der Waals surface area contributed by atoms with Gasteiger partial charge in [-0.1, -0.05) is 0 Å². The summed E-state index contributed by atoms with van der Waals surface area (Å²) in [6.07, 6.45) is 0. The van der Waals surface area contributed by atoms with Gasteiger partial charge in [0.2, 0.25) is 0 Å². The van der Waals surface area contributed by atoms with Crippen LogP contribution in [-0.2, 0) is 16.1 Å². The second kappa shape index (κ2) is 2.49. The number of aliphatic carboxylic acids is 1. The maximum absolute atomic E-state index is 9.42. The Hall–Kier alpha value is -0.680. The van der Waals surface area contributed by atoms with Gasteiger partial charge in [-0.25, -0.2) is 9.00 Å². The molecule has 0 unspecified atom stereocenters. The van der Waals surface area contributed by atoms with Gasteiger partial charge in [-0.3, -0.25) is 0 Å². The molecule has 0 aromatic heterocycles. The smallest absolute Gasteiger partial charge is 0.373 e. The van der Waals surface area contributed by atoms with Crippen LogP contribution in [0.3, 0.4) is 0 Å². The molecule has 0 aromatic rings. The number of hydrogen-bond donors (Lipinski definition) is 2. The van der Waals surface area contributed by atoms with Gasteiger partial charge in [0.05, 0.1) is 0 Å². The van der Waals surface area contributed by atoms with Gasteiger partial charge in [-0.05, 0) is 0 Å². The average molecular weight is 122 g/mol. The van der Waals surface area contributed by atoms with E-state index in [0.29, 0.717) is 0 Å². The fourth-order valence-electron chi connectivity index (χ4n) is 0.0356. The Labute approximate surface area is 42.5 Å². The zero-order chi connectivity index (χ0) is 5.86. The lowest BCUT2D eigenvalue weighted by atomic mass is 10.8. The Bertz CT molecular complexity index is 133. The minimum atomic E-state index is -1.58. The summed E-state index contributed by atoms with van der Waals surface area (Å²) in [5.41, 5.74) is 0. The Balaban J connectivity index is 4.10. The summed E-state index contributed by atoms with van der Waals surface area (Å²) in [5, 5.41) is 14.5. The molecule has 0 fully saturated rings. The summed E-state index contributed by atoms with van der Waals surface area (Å²) < 4.78 is 9.32. The van der Waals surface area contributed by atoms with Gasteiger partial charge < -0.3 is 10.2 Å². The predicted octanol–water partition coefficient (Wildman–Crippen LogP) is -1.03. The molecule has 5 heteroatoms. The third-order valence-corrected chi connectivity index (χ3v) is 0.594. The first-order valence-electron chi connectivity index (χ1n) is 1.27. The van der Waals surface area contributed by atoms with E-state index in [1.54, 1.807) is 0 Å². The van der Waals surface area contributed by atoms with Gasteiger partial charge >= 0.3 is 5.97 Å².